The van der Waals surface area contributed by atoms with Gasteiger partial charge >= 0.3 is 0 Å². The van der Waals surface area contributed by atoms with Crippen LogP contribution in [0.2, 0.25) is 0 Å². The zero-order valence-corrected chi connectivity index (χ0v) is 22.6. The van der Waals surface area contributed by atoms with Crippen LogP contribution < -0.4 is 9.62 Å². The molecular weight excluding hydrogens is 481 g/mol. The highest BCUT2D eigenvalue weighted by Gasteiger charge is 2.29. The van der Waals surface area contributed by atoms with E-state index in [1.54, 1.807) is 30.3 Å². The molecule has 1 N–H and O–H groups in total. The lowest BCUT2D eigenvalue weighted by molar-refractivity contribution is -0.141. The van der Waals surface area contributed by atoms with Crippen LogP contribution in [0.1, 0.15) is 57.6 Å². The number of hydrogen-bond donors (Lipinski definition) is 1. The molecule has 2 aromatic rings. The summed E-state index contributed by atoms with van der Waals surface area (Å²) in [6.45, 7) is 7.88. The molecule has 0 aliphatic rings. The van der Waals surface area contributed by atoms with Crippen LogP contribution >= 0.6 is 0 Å². The second-order valence-electron chi connectivity index (χ2n) is 9.17. The van der Waals surface area contributed by atoms with Crippen molar-refractivity contribution in [2.45, 2.75) is 72.0 Å². The average Bonchev–Trinajstić information content (AvgIpc) is 2.81. The minimum Gasteiger partial charge on any atom is -0.352 e. The largest absolute Gasteiger partial charge is 0.352 e. The summed E-state index contributed by atoms with van der Waals surface area (Å²) in [5.74, 6) is -0.877. The number of hydrogen-bond acceptors (Lipinski definition) is 4. The van der Waals surface area contributed by atoms with E-state index in [1.165, 1.54) is 21.3 Å². The van der Waals surface area contributed by atoms with Gasteiger partial charge in [-0.3, -0.25) is 13.9 Å². The van der Waals surface area contributed by atoms with Crippen molar-refractivity contribution in [1.82, 2.24) is 10.2 Å². The molecule has 0 saturated heterocycles. The van der Waals surface area contributed by atoms with Gasteiger partial charge in [-0.05, 0) is 68.5 Å². The topological polar surface area (TPSA) is 86.8 Å². The maximum absolute atomic E-state index is 13.4. The minimum absolute atomic E-state index is 0.0352. The SMILES string of the molecule is CC[C@@H](C)NC(=O)[C@H](CC)N(Cc1ccc(F)cc1)C(=O)CCCN(c1cccc(C)c1)S(C)(=O)=O. The van der Waals surface area contributed by atoms with Gasteiger partial charge in [0.1, 0.15) is 11.9 Å². The first-order chi connectivity index (χ1) is 17.0. The van der Waals surface area contributed by atoms with Crippen LogP contribution in [-0.4, -0.2) is 50.0 Å². The van der Waals surface area contributed by atoms with Crippen LogP contribution in [0.15, 0.2) is 48.5 Å². The molecule has 7 nitrogen and oxygen atoms in total. The number of carbonyl (C=O) groups is 2. The molecule has 0 bridgehead atoms. The van der Waals surface area contributed by atoms with Gasteiger partial charge in [-0.25, -0.2) is 12.8 Å². The summed E-state index contributed by atoms with van der Waals surface area (Å²) in [6, 6.07) is 12.3. The molecule has 36 heavy (non-hydrogen) atoms. The molecule has 0 saturated carbocycles. The fraction of sp³-hybridized carbons (Fsp3) is 0.481. The molecule has 2 aromatic carbocycles. The van der Waals surface area contributed by atoms with Crippen LogP contribution in [0.25, 0.3) is 0 Å². The fourth-order valence-electron chi connectivity index (χ4n) is 3.93. The number of sulfonamides is 1. The second-order valence-corrected chi connectivity index (χ2v) is 11.1. The van der Waals surface area contributed by atoms with Gasteiger partial charge in [0.05, 0.1) is 11.9 Å². The first kappa shape index (κ1) is 29.3. The molecule has 2 rings (SSSR count). The molecular formula is C27H38FN3O4S. The van der Waals surface area contributed by atoms with E-state index < -0.39 is 16.1 Å². The van der Waals surface area contributed by atoms with Gasteiger partial charge in [0, 0.05) is 25.6 Å². The number of anilines is 1. The summed E-state index contributed by atoms with van der Waals surface area (Å²) in [6.07, 6.45) is 2.65. The number of nitrogens with one attached hydrogen (secondary N) is 1. The quantitative estimate of drug-likeness (QED) is 0.425. The van der Waals surface area contributed by atoms with Crippen molar-refractivity contribution in [2.75, 3.05) is 17.1 Å². The number of carbonyl (C=O) groups excluding carboxylic acids is 2. The molecule has 0 radical (unpaired) electrons. The highest BCUT2D eigenvalue weighted by Crippen LogP contribution is 2.21. The molecule has 0 heterocycles. The lowest BCUT2D eigenvalue weighted by Crippen LogP contribution is -2.50. The van der Waals surface area contributed by atoms with Crippen molar-refractivity contribution >= 4 is 27.5 Å². The Morgan fingerprint density at radius 3 is 2.28 bits per heavy atom. The van der Waals surface area contributed by atoms with Gasteiger partial charge in [0.25, 0.3) is 0 Å². The van der Waals surface area contributed by atoms with E-state index in [4.69, 9.17) is 0 Å². The maximum atomic E-state index is 13.4. The second kappa shape index (κ2) is 13.4. The molecule has 0 aliphatic heterocycles. The molecule has 0 unspecified atom stereocenters. The smallest absolute Gasteiger partial charge is 0.243 e. The van der Waals surface area contributed by atoms with Crippen LogP contribution in [0.5, 0.6) is 0 Å². The van der Waals surface area contributed by atoms with Crippen molar-refractivity contribution in [2.24, 2.45) is 0 Å². The van der Waals surface area contributed by atoms with E-state index in [0.29, 0.717) is 17.7 Å². The number of rotatable bonds is 13. The number of halogens is 1. The first-order valence-corrected chi connectivity index (χ1v) is 14.2. The Morgan fingerprint density at radius 2 is 1.72 bits per heavy atom. The normalized spacial score (nSPS) is 13.1. The fourth-order valence-corrected chi connectivity index (χ4v) is 4.89. The zero-order chi connectivity index (χ0) is 26.9. The molecule has 2 atom stereocenters. The third-order valence-electron chi connectivity index (χ3n) is 6.09. The summed E-state index contributed by atoms with van der Waals surface area (Å²) >= 11 is 0. The maximum Gasteiger partial charge on any atom is 0.243 e. The van der Waals surface area contributed by atoms with Gasteiger partial charge < -0.3 is 10.2 Å². The number of benzene rings is 2. The number of aryl methyl sites for hydroxylation is 1. The van der Waals surface area contributed by atoms with Gasteiger partial charge in [-0.2, -0.15) is 0 Å². The average molecular weight is 520 g/mol. The molecule has 0 spiro atoms. The predicted molar refractivity (Wildman–Crippen MR) is 142 cm³/mol. The predicted octanol–water partition coefficient (Wildman–Crippen LogP) is 4.40. The lowest BCUT2D eigenvalue weighted by Gasteiger charge is -2.32. The van der Waals surface area contributed by atoms with E-state index in [0.717, 1.165) is 18.2 Å². The van der Waals surface area contributed by atoms with Crippen molar-refractivity contribution in [3.8, 4) is 0 Å². The number of amides is 2. The summed E-state index contributed by atoms with van der Waals surface area (Å²) < 4.78 is 39.6. The molecule has 9 heteroatoms. The van der Waals surface area contributed by atoms with Gasteiger partial charge in [0.2, 0.25) is 21.8 Å². The lowest BCUT2D eigenvalue weighted by atomic mass is 10.1. The standard InChI is InChI=1S/C27H38FN3O4S/c1-6-21(4)29-27(33)25(7-2)30(19-22-13-15-23(28)16-14-22)26(32)12-9-17-31(36(5,34)35)24-11-8-10-20(3)18-24/h8,10-11,13-16,18,21,25H,6-7,9,12,17,19H2,1-5H3,(H,29,33)/t21-,25+/m1/s1. The van der Waals surface area contributed by atoms with Crippen LogP contribution in [-0.2, 0) is 26.2 Å². The third kappa shape index (κ3) is 8.62. The Hall–Kier alpha value is -2.94. The van der Waals surface area contributed by atoms with Gasteiger partial charge in [0.15, 0.2) is 0 Å². The molecule has 198 valence electrons. The van der Waals surface area contributed by atoms with Gasteiger partial charge in [-0.1, -0.05) is 38.1 Å². The van der Waals surface area contributed by atoms with Crippen LogP contribution in [0.4, 0.5) is 10.1 Å². The minimum atomic E-state index is -3.55. The van der Waals surface area contributed by atoms with Crippen LogP contribution in [0, 0.1) is 12.7 Å². The third-order valence-corrected chi connectivity index (χ3v) is 7.29. The Labute approximate surface area is 214 Å². The van der Waals surface area contributed by atoms with Crippen molar-refractivity contribution < 1.29 is 22.4 Å². The van der Waals surface area contributed by atoms with E-state index in [9.17, 15) is 22.4 Å². The molecule has 0 aliphatic carbocycles. The van der Waals surface area contributed by atoms with E-state index in [1.807, 2.05) is 33.8 Å². The first-order valence-electron chi connectivity index (χ1n) is 12.3. The summed E-state index contributed by atoms with van der Waals surface area (Å²) in [5, 5.41) is 2.95. The number of nitrogens with zero attached hydrogens (tertiary/aromatic N) is 2. The summed E-state index contributed by atoms with van der Waals surface area (Å²) in [4.78, 5) is 27.9. The van der Waals surface area contributed by atoms with Gasteiger partial charge in [-0.15, -0.1) is 0 Å². The Balaban J connectivity index is 2.22. The van der Waals surface area contributed by atoms with Crippen LogP contribution in [0.3, 0.4) is 0 Å². The zero-order valence-electron chi connectivity index (χ0n) is 21.8. The van der Waals surface area contributed by atoms with E-state index >= 15 is 0 Å². The van der Waals surface area contributed by atoms with Crippen molar-refractivity contribution in [1.29, 1.82) is 0 Å². The van der Waals surface area contributed by atoms with Crippen molar-refractivity contribution in [3.05, 3.63) is 65.5 Å². The monoisotopic (exact) mass is 519 g/mol. The summed E-state index contributed by atoms with van der Waals surface area (Å²) in [5.41, 5.74) is 2.19. The van der Waals surface area contributed by atoms with E-state index in [-0.39, 0.29) is 49.6 Å². The van der Waals surface area contributed by atoms with E-state index in [2.05, 4.69) is 5.32 Å². The highest BCUT2D eigenvalue weighted by atomic mass is 32.2. The molecule has 2 amide bonds. The highest BCUT2D eigenvalue weighted by molar-refractivity contribution is 7.92. The Kier molecular flexibility index (Phi) is 10.9. The Morgan fingerprint density at radius 1 is 1.06 bits per heavy atom. The van der Waals surface area contributed by atoms with Crippen molar-refractivity contribution in [3.63, 3.8) is 0 Å². The summed E-state index contributed by atoms with van der Waals surface area (Å²) in [7, 11) is -3.55. The Bertz CT molecular complexity index is 1120. The molecule has 0 fully saturated rings. The molecule has 0 aromatic heterocycles.